The molecule has 3 unspecified atom stereocenters. The van der Waals surface area contributed by atoms with Crippen LogP contribution >= 0.6 is 0 Å². The number of rotatable bonds is 4. The van der Waals surface area contributed by atoms with Gasteiger partial charge in [0.1, 0.15) is 30.0 Å². The number of carbonyl (C=O) groups is 3. The van der Waals surface area contributed by atoms with Crippen molar-refractivity contribution in [2.24, 2.45) is 16.7 Å². The fraction of sp³-hybridized carbons (Fsp3) is 0.581. The predicted octanol–water partition coefficient (Wildman–Crippen LogP) is 2.27. The summed E-state index contributed by atoms with van der Waals surface area (Å²) in [6, 6.07) is 8.41. The van der Waals surface area contributed by atoms with Crippen molar-refractivity contribution in [3.05, 3.63) is 59.2 Å². The van der Waals surface area contributed by atoms with E-state index < -0.39 is 76.7 Å². The molecule has 41 heavy (non-hydrogen) atoms. The molecule has 1 aromatic rings. The lowest BCUT2D eigenvalue weighted by Crippen LogP contribution is -2.78. The van der Waals surface area contributed by atoms with Crippen molar-refractivity contribution in [2.75, 3.05) is 6.61 Å². The van der Waals surface area contributed by atoms with E-state index in [0.717, 1.165) is 0 Å². The molecule has 2 bridgehead atoms. The van der Waals surface area contributed by atoms with E-state index in [1.54, 1.807) is 43.3 Å². The van der Waals surface area contributed by atoms with Crippen LogP contribution in [0.2, 0.25) is 0 Å². The molecule has 0 radical (unpaired) electrons. The van der Waals surface area contributed by atoms with Crippen LogP contribution in [0.25, 0.3) is 0 Å². The van der Waals surface area contributed by atoms with Gasteiger partial charge in [-0.2, -0.15) is 0 Å². The summed E-state index contributed by atoms with van der Waals surface area (Å²) < 4.78 is 30.7. The van der Waals surface area contributed by atoms with Crippen molar-refractivity contribution in [3.63, 3.8) is 0 Å². The minimum Gasteiger partial charge on any atom is -0.455 e. The molecular formula is C31H36O10. The Morgan fingerprint density at radius 2 is 1.83 bits per heavy atom. The summed E-state index contributed by atoms with van der Waals surface area (Å²) >= 11 is 0. The van der Waals surface area contributed by atoms with Crippen molar-refractivity contribution in [1.82, 2.24) is 0 Å². The second-order valence-corrected chi connectivity index (χ2v) is 12.7. The first-order valence-corrected chi connectivity index (χ1v) is 13.9. The van der Waals surface area contributed by atoms with E-state index in [2.05, 4.69) is 0 Å². The molecule has 0 amide bonds. The molecule has 10 nitrogen and oxygen atoms in total. The molecular weight excluding hydrogens is 532 g/mol. The number of aldehydes is 1. The van der Waals surface area contributed by atoms with Gasteiger partial charge in [-0.25, -0.2) is 4.79 Å². The van der Waals surface area contributed by atoms with Gasteiger partial charge < -0.3 is 33.9 Å². The van der Waals surface area contributed by atoms with E-state index in [9.17, 15) is 24.6 Å². The molecule has 0 spiro atoms. The third-order valence-electron chi connectivity index (χ3n) is 10.2. The van der Waals surface area contributed by atoms with Crippen LogP contribution in [0.3, 0.4) is 0 Å². The molecule has 10 atom stereocenters. The van der Waals surface area contributed by atoms with Crippen LogP contribution in [0.5, 0.6) is 0 Å². The molecule has 3 fully saturated rings. The van der Waals surface area contributed by atoms with Gasteiger partial charge in [0, 0.05) is 24.2 Å². The largest absolute Gasteiger partial charge is 0.455 e. The second kappa shape index (κ2) is 9.31. The Labute approximate surface area is 238 Å². The summed E-state index contributed by atoms with van der Waals surface area (Å²) in [5.41, 5.74) is -4.01. The van der Waals surface area contributed by atoms with Crippen LogP contribution < -0.4 is 0 Å². The Hall–Kier alpha value is -2.89. The number of ether oxygens (including phenoxy) is 5. The van der Waals surface area contributed by atoms with Gasteiger partial charge in [0.15, 0.2) is 11.9 Å². The topological polar surface area (TPSA) is 138 Å². The second-order valence-electron chi connectivity index (χ2n) is 12.7. The number of hydrogen-bond acceptors (Lipinski definition) is 10. The molecule has 5 aliphatic rings. The quantitative estimate of drug-likeness (QED) is 0.316. The van der Waals surface area contributed by atoms with Gasteiger partial charge in [-0.3, -0.25) is 9.59 Å². The fourth-order valence-corrected chi connectivity index (χ4v) is 8.11. The summed E-state index contributed by atoms with van der Waals surface area (Å²) in [7, 11) is 0. The Morgan fingerprint density at radius 1 is 1.12 bits per heavy atom. The molecule has 1 aromatic carbocycles. The van der Waals surface area contributed by atoms with E-state index >= 15 is 0 Å². The molecule has 220 valence electrons. The minimum absolute atomic E-state index is 0.0165. The fourth-order valence-electron chi connectivity index (χ4n) is 8.11. The molecule has 2 heterocycles. The van der Waals surface area contributed by atoms with Crippen molar-refractivity contribution in [2.45, 2.75) is 89.1 Å². The van der Waals surface area contributed by atoms with E-state index in [0.29, 0.717) is 17.4 Å². The number of esters is 2. The molecule has 0 aromatic heterocycles. The van der Waals surface area contributed by atoms with Crippen LogP contribution in [-0.4, -0.2) is 83.1 Å². The zero-order chi connectivity index (χ0) is 29.5. The van der Waals surface area contributed by atoms with Crippen LogP contribution in [0.4, 0.5) is 0 Å². The summed E-state index contributed by atoms with van der Waals surface area (Å²) in [6.45, 7) is 8.54. The number of carbonyl (C=O) groups excluding carboxylic acids is 3. The first-order chi connectivity index (χ1) is 19.3. The predicted molar refractivity (Wildman–Crippen MR) is 142 cm³/mol. The van der Waals surface area contributed by atoms with Gasteiger partial charge >= 0.3 is 11.9 Å². The number of aliphatic hydroxyl groups is 2. The van der Waals surface area contributed by atoms with E-state index in [-0.39, 0.29) is 18.6 Å². The molecule has 1 saturated carbocycles. The average molecular weight is 569 g/mol. The molecule has 2 aliphatic heterocycles. The molecule has 6 rings (SSSR count). The van der Waals surface area contributed by atoms with Gasteiger partial charge in [0.25, 0.3) is 0 Å². The van der Waals surface area contributed by atoms with E-state index in [1.807, 2.05) is 26.8 Å². The minimum atomic E-state index is -1.87. The van der Waals surface area contributed by atoms with Crippen LogP contribution in [0.1, 0.15) is 51.4 Å². The summed E-state index contributed by atoms with van der Waals surface area (Å²) in [6.07, 6.45) is -1.92. The number of fused-ring (bicyclic) bond motifs is 8. The number of aliphatic hydroxyl groups excluding tert-OH is 1. The van der Waals surface area contributed by atoms with Gasteiger partial charge in [0.2, 0.25) is 6.29 Å². The summed E-state index contributed by atoms with van der Waals surface area (Å²) in [4.78, 5) is 38.3. The Kier molecular flexibility index (Phi) is 6.41. The van der Waals surface area contributed by atoms with E-state index in [1.165, 1.54) is 6.92 Å². The third-order valence-corrected chi connectivity index (χ3v) is 10.2. The highest BCUT2D eigenvalue weighted by atomic mass is 16.7. The average Bonchev–Trinajstić information content (AvgIpc) is 3.34. The van der Waals surface area contributed by atoms with Crippen molar-refractivity contribution in [3.8, 4) is 0 Å². The first-order valence-electron chi connectivity index (χ1n) is 13.9. The lowest BCUT2D eigenvalue weighted by atomic mass is 9.46. The maximum absolute atomic E-state index is 13.7. The standard InChI is InChI=1S/C31H36O10/c1-16-19(34)13-31(36)26(40-27(35)18-9-7-6-8-10-18)24-29(5,12-11-20-30(24,15-37-20)41-17(2)33)25-23(22(16)28(31,3)4)38-21(14-32)39-25/h6-12,14,19-21,23-26,34,36H,13,15H2,1-5H3/t19-,20?,21?,23+,24?,25+,26-,29+,30-,31+/m0/s1. The molecule has 2 N–H and O–H groups in total. The maximum Gasteiger partial charge on any atom is 0.338 e. The Bertz CT molecular complexity index is 1340. The summed E-state index contributed by atoms with van der Waals surface area (Å²) in [5, 5.41) is 24.3. The molecule has 10 heteroatoms. The van der Waals surface area contributed by atoms with Crippen LogP contribution in [0.15, 0.2) is 53.6 Å². The first kappa shape index (κ1) is 28.2. The van der Waals surface area contributed by atoms with Crippen molar-refractivity contribution < 1.29 is 48.3 Å². The van der Waals surface area contributed by atoms with E-state index in [4.69, 9.17) is 23.7 Å². The smallest absolute Gasteiger partial charge is 0.338 e. The highest BCUT2D eigenvalue weighted by Crippen LogP contribution is 2.65. The highest BCUT2D eigenvalue weighted by molar-refractivity contribution is 5.89. The lowest BCUT2D eigenvalue weighted by Gasteiger charge is -2.66. The SMILES string of the molecule is CC(=O)O[C@@]12COC1C=C[C@]1(C)C2[C@H](OC(=O)c2ccccc2)[C@]2(O)C[C@H](O)C(C)=C([C@H]3OC(C=O)O[C@H]31)C2(C)C. The Morgan fingerprint density at radius 3 is 2.44 bits per heavy atom. The zero-order valence-corrected chi connectivity index (χ0v) is 23.7. The Balaban J connectivity index is 1.64. The van der Waals surface area contributed by atoms with Gasteiger partial charge in [-0.05, 0) is 30.2 Å². The van der Waals surface area contributed by atoms with Gasteiger partial charge in [-0.15, -0.1) is 0 Å². The number of hydrogen-bond donors (Lipinski definition) is 2. The van der Waals surface area contributed by atoms with Crippen LogP contribution in [-0.2, 0) is 33.3 Å². The van der Waals surface area contributed by atoms with Crippen molar-refractivity contribution in [1.29, 1.82) is 0 Å². The third kappa shape index (κ3) is 3.77. The highest BCUT2D eigenvalue weighted by Gasteiger charge is 2.76. The van der Waals surface area contributed by atoms with Crippen LogP contribution in [0, 0.1) is 16.7 Å². The van der Waals surface area contributed by atoms with Gasteiger partial charge in [0.05, 0.1) is 24.2 Å². The van der Waals surface area contributed by atoms with Gasteiger partial charge in [-0.1, -0.05) is 51.1 Å². The summed E-state index contributed by atoms with van der Waals surface area (Å²) in [5.74, 6) is -2.17. The molecule has 2 saturated heterocycles. The zero-order valence-electron chi connectivity index (χ0n) is 23.7. The maximum atomic E-state index is 13.7. The lowest BCUT2D eigenvalue weighted by molar-refractivity contribution is -0.316. The molecule has 3 aliphatic carbocycles. The number of benzene rings is 1. The monoisotopic (exact) mass is 568 g/mol. The normalized spacial score (nSPS) is 43.8. The van der Waals surface area contributed by atoms with Crippen molar-refractivity contribution >= 4 is 18.2 Å².